The van der Waals surface area contributed by atoms with Gasteiger partial charge < -0.3 is 18.6 Å². The molecule has 0 aliphatic heterocycles. The van der Waals surface area contributed by atoms with Gasteiger partial charge in [0.05, 0.1) is 22.7 Å². The molecule has 0 amide bonds. The second-order valence-corrected chi connectivity index (χ2v) is 16.4. The van der Waals surface area contributed by atoms with E-state index in [1.54, 1.807) is 25.0 Å². The monoisotopic (exact) mass is 762 g/mol. The summed E-state index contributed by atoms with van der Waals surface area (Å²) in [5.41, 5.74) is 7.35. The highest BCUT2D eigenvalue weighted by Gasteiger charge is 2.39. The fourth-order valence-corrected chi connectivity index (χ4v) is 7.94. The highest BCUT2D eigenvalue weighted by molar-refractivity contribution is 6.32. The summed E-state index contributed by atoms with van der Waals surface area (Å²) in [7, 11) is 0. The molecular weight excluding hydrogens is 715 g/mol. The molecule has 0 N–H and O–H groups in total. The Labute approximate surface area is 328 Å². The summed E-state index contributed by atoms with van der Waals surface area (Å²) >= 11 is 13.3. The van der Waals surface area contributed by atoms with Gasteiger partial charge in [-0.3, -0.25) is 4.79 Å². The fraction of sp³-hybridized carbons (Fsp3) is 0.311. The number of carbonyl (C=O) groups is 1. The highest BCUT2D eigenvalue weighted by atomic mass is 35.5. The number of rotatable bonds is 16. The molecule has 2 aromatic heterocycles. The van der Waals surface area contributed by atoms with Gasteiger partial charge in [-0.25, -0.2) is 9.97 Å². The molecule has 0 saturated heterocycles. The van der Waals surface area contributed by atoms with Gasteiger partial charge in [-0.15, -0.1) is 0 Å². The van der Waals surface area contributed by atoms with E-state index in [1.165, 1.54) is 0 Å². The van der Waals surface area contributed by atoms with Crippen LogP contribution in [0.15, 0.2) is 110 Å². The Bertz CT molecular complexity index is 1970. The molecule has 9 heteroatoms. The van der Waals surface area contributed by atoms with Crippen LogP contribution in [0.4, 0.5) is 0 Å². The van der Waals surface area contributed by atoms with E-state index in [0.29, 0.717) is 60.7 Å². The van der Waals surface area contributed by atoms with E-state index in [4.69, 9.17) is 32.7 Å². The highest BCUT2D eigenvalue weighted by Crippen LogP contribution is 2.36. The van der Waals surface area contributed by atoms with Crippen molar-refractivity contribution >= 4 is 29.0 Å². The van der Waals surface area contributed by atoms with E-state index >= 15 is 0 Å². The first kappa shape index (κ1) is 38.9. The Balaban J connectivity index is 1.00. The van der Waals surface area contributed by atoms with Crippen molar-refractivity contribution in [3.63, 3.8) is 0 Å². The molecule has 7 nitrogen and oxygen atoms in total. The molecule has 0 aliphatic rings. The number of ketones is 1. The number of halogens is 2. The zero-order valence-electron chi connectivity index (χ0n) is 31.9. The topological polar surface area (TPSA) is 71.2 Å². The standard InChI is InChI=1S/C45H48Cl2N4O3/c1-31-19-37(25-50-17-15-48-29-50)21-39(46)41(31)53-27-35-11-7-33(8-12-35)23-44(3,4)43(52)45(5,6)24-34-9-13-36(14-10-34)28-54-42-32(2)20-38(22-40(42)47)26-51-18-16-49-30-51/h7-22,29-30H,23-28H2,1-6H3. The third-order valence-corrected chi connectivity index (χ3v) is 10.3. The lowest BCUT2D eigenvalue weighted by Crippen LogP contribution is -2.39. The van der Waals surface area contributed by atoms with Crippen LogP contribution >= 0.6 is 23.2 Å². The van der Waals surface area contributed by atoms with E-state index < -0.39 is 10.8 Å². The second-order valence-electron chi connectivity index (χ2n) is 15.6. The number of hydrogen-bond donors (Lipinski definition) is 0. The van der Waals surface area contributed by atoms with Crippen molar-refractivity contribution in [3.8, 4) is 11.5 Å². The van der Waals surface area contributed by atoms with E-state index in [1.807, 2.05) is 75.2 Å². The second kappa shape index (κ2) is 16.7. The first-order valence-corrected chi connectivity index (χ1v) is 19.0. The maximum absolute atomic E-state index is 14.0. The molecular formula is C45H48Cl2N4O3. The van der Waals surface area contributed by atoms with Crippen molar-refractivity contribution in [1.82, 2.24) is 19.1 Å². The van der Waals surface area contributed by atoms with Crippen molar-refractivity contribution in [1.29, 1.82) is 0 Å². The summed E-state index contributed by atoms with van der Waals surface area (Å²) in [6, 6.07) is 24.7. The number of ether oxygens (including phenoxy) is 2. The molecule has 0 aliphatic carbocycles. The lowest BCUT2D eigenvalue weighted by atomic mass is 9.68. The molecule has 0 saturated carbocycles. The molecule has 4 aromatic carbocycles. The summed E-state index contributed by atoms with van der Waals surface area (Å²) in [4.78, 5) is 22.2. The van der Waals surface area contributed by atoms with Crippen LogP contribution in [0, 0.1) is 24.7 Å². The SMILES string of the molecule is Cc1cc(Cn2ccnc2)cc(Cl)c1OCc1ccc(CC(C)(C)C(=O)C(C)(C)Cc2ccc(COc3c(C)cc(Cn4ccnc4)cc3Cl)cc2)cc1. The third kappa shape index (κ3) is 9.82. The Kier molecular flexibility index (Phi) is 12.0. The van der Waals surface area contributed by atoms with Gasteiger partial charge in [-0.05, 0) is 83.3 Å². The van der Waals surface area contributed by atoms with Crippen molar-refractivity contribution in [2.24, 2.45) is 10.8 Å². The van der Waals surface area contributed by atoms with E-state index in [9.17, 15) is 4.79 Å². The van der Waals surface area contributed by atoms with Crippen molar-refractivity contribution in [2.45, 2.75) is 80.7 Å². The van der Waals surface area contributed by atoms with Crippen LogP contribution in [-0.4, -0.2) is 24.9 Å². The molecule has 280 valence electrons. The molecule has 6 aromatic rings. The van der Waals surface area contributed by atoms with Crippen LogP contribution in [-0.2, 0) is 43.9 Å². The average molecular weight is 764 g/mol. The van der Waals surface area contributed by atoms with Crippen molar-refractivity contribution in [3.05, 3.63) is 165 Å². The minimum Gasteiger partial charge on any atom is -0.487 e. The molecule has 0 spiro atoms. The molecule has 2 heterocycles. The molecule has 0 fully saturated rings. The zero-order valence-corrected chi connectivity index (χ0v) is 33.4. The van der Waals surface area contributed by atoms with Crippen LogP contribution < -0.4 is 9.47 Å². The molecule has 6 rings (SSSR count). The summed E-state index contributed by atoms with van der Waals surface area (Å²) in [5, 5.41) is 1.19. The van der Waals surface area contributed by atoms with Gasteiger partial charge in [0.25, 0.3) is 0 Å². The summed E-state index contributed by atoms with van der Waals surface area (Å²) in [6.07, 6.45) is 12.2. The maximum Gasteiger partial charge on any atom is 0.144 e. The Morgan fingerprint density at radius 2 is 0.963 bits per heavy atom. The minimum absolute atomic E-state index is 0.234. The van der Waals surface area contributed by atoms with Crippen LogP contribution in [0.1, 0.15) is 72.2 Å². The van der Waals surface area contributed by atoms with Gasteiger partial charge >= 0.3 is 0 Å². The number of carbonyl (C=O) groups excluding carboxylic acids is 1. The third-order valence-electron chi connectivity index (χ3n) is 9.76. The van der Waals surface area contributed by atoms with E-state index in [2.05, 4.69) is 70.6 Å². The Morgan fingerprint density at radius 1 is 0.593 bits per heavy atom. The first-order valence-electron chi connectivity index (χ1n) is 18.2. The predicted molar refractivity (Wildman–Crippen MR) is 217 cm³/mol. The lowest BCUT2D eigenvalue weighted by molar-refractivity contribution is -0.135. The van der Waals surface area contributed by atoms with Crippen molar-refractivity contribution < 1.29 is 14.3 Å². The van der Waals surface area contributed by atoms with Crippen LogP contribution in [0.25, 0.3) is 0 Å². The molecule has 0 unspecified atom stereocenters. The number of hydrogen-bond acceptors (Lipinski definition) is 5. The van der Waals surface area contributed by atoms with Gasteiger partial charge in [0.15, 0.2) is 0 Å². The van der Waals surface area contributed by atoms with Gasteiger partial charge in [0.1, 0.15) is 30.5 Å². The van der Waals surface area contributed by atoms with E-state index in [0.717, 1.165) is 44.5 Å². The smallest absolute Gasteiger partial charge is 0.144 e. The van der Waals surface area contributed by atoms with Gasteiger partial charge in [0, 0.05) is 48.7 Å². The number of Topliss-reactive ketones (excluding diaryl/α,β-unsaturated/α-hetero) is 1. The van der Waals surface area contributed by atoms with Crippen molar-refractivity contribution in [2.75, 3.05) is 0 Å². The van der Waals surface area contributed by atoms with Gasteiger partial charge in [-0.2, -0.15) is 0 Å². The summed E-state index contributed by atoms with van der Waals surface area (Å²) in [6.45, 7) is 14.4. The number of nitrogens with zero attached hydrogens (tertiary/aromatic N) is 4. The van der Waals surface area contributed by atoms with E-state index in [-0.39, 0.29) is 5.78 Å². The van der Waals surface area contributed by atoms with Crippen LogP contribution in [0.2, 0.25) is 10.0 Å². The fourth-order valence-electron chi connectivity index (χ4n) is 7.25. The Hall–Kier alpha value is -4.85. The number of aryl methyl sites for hydroxylation is 2. The first-order chi connectivity index (χ1) is 25.8. The average Bonchev–Trinajstić information content (AvgIpc) is 3.83. The number of benzene rings is 4. The molecule has 0 atom stereocenters. The normalized spacial score (nSPS) is 11.9. The predicted octanol–water partition coefficient (Wildman–Crippen LogP) is 10.7. The molecule has 0 radical (unpaired) electrons. The quantitative estimate of drug-likeness (QED) is 0.0982. The van der Waals surface area contributed by atoms with Crippen LogP contribution in [0.3, 0.4) is 0 Å². The summed E-state index contributed by atoms with van der Waals surface area (Å²) in [5.74, 6) is 1.62. The molecule has 54 heavy (non-hydrogen) atoms. The molecule has 0 bridgehead atoms. The Morgan fingerprint density at radius 3 is 1.30 bits per heavy atom. The van der Waals surface area contributed by atoms with Crippen LogP contribution in [0.5, 0.6) is 11.5 Å². The van der Waals surface area contributed by atoms with Gasteiger partial charge in [0.2, 0.25) is 0 Å². The minimum atomic E-state index is -0.552. The lowest BCUT2D eigenvalue weighted by Gasteiger charge is -2.34. The number of imidazole rings is 2. The zero-order chi connectivity index (χ0) is 38.5. The summed E-state index contributed by atoms with van der Waals surface area (Å²) < 4.78 is 16.4. The largest absolute Gasteiger partial charge is 0.487 e. The maximum atomic E-state index is 14.0. The number of aromatic nitrogens is 4. The van der Waals surface area contributed by atoms with Gasteiger partial charge in [-0.1, -0.05) is 112 Å².